The number of carbonyl (C=O) groups excluding carboxylic acids is 1. The number of nitrogens with zero attached hydrogens (tertiary/aromatic N) is 1. The van der Waals surface area contributed by atoms with Gasteiger partial charge in [0.2, 0.25) is 0 Å². The van der Waals surface area contributed by atoms with Crippen molar-refractivity contribution >= 4 is 6.09 Å². The first-order valence-corrected chi connectivity index (χ1v) is 7.63. The minimum absolute atomic E-state index is 0.207. The molecule has 1 atom stereocenters. The van der Waals surface area contributed by atoms with Gasteiger partial charge in [0, 0.05) is 19.1 Å². The molecule has 1 heterocycles. The molecule has 0 spiro atoms. The fourth-order valence-corrected chi connectivity index (χ4v) is 2.06. The number of ether oxygens (including phenoxy) is 1. The van der Waals surface area contributed by atoms with Crippen LogP contribution in [0.1, 0.15) is 53.9 Å². The zero-order valence-electron chi connectivity index (χ0n) is 13.6. The topological polar surface area (TPSA) is 50.8 Å². The quantitative estimate of drug-likeness (QED) is 0.807. The van der Waals surface area contributed by atoms with E-state index in [4.69, 9.17) is 9.57 Å². The third-order valence-electron chi connectivity index (χ3n) is 3.05. The van der Waals surface area contributed by atoms with Gasteiger partial charge in [-0.25, -0.2) is 4.79 Å². The molecule has 0 aromatic carbocycles. The Bertz CT molecular complexity index is 300. The smallest absolute Gasteiger partial charge is 0.410 e. The first-order chi connectivity index (χ1) is 9.28. The molecular weight excluding hydrogens is 256 g/mol. The first-order valence-electron chi connectivity index (χ1n) is 7.63. The maximum absolute atomic E-state index is 12.0. The third-order valence-corrected chi connectivity index (χ3v) is 3.05. The van der Waals surface area contributed by atoms with Crippen LogP contribution in [0.25, 0.3) is 0 Å². The van der Waals surface area contributed by atoms with Gasteiger partial charge in [-0.1, -0.05) is 13.8 Å². The highest BCUT2D eigenvalue weighted by Crippen LogP contribution is 2.15. The molecule has 1 fully saturated rings. The van der Waals surface area contributed by atoms with E-state index >= 15 is 0 Å². The molecule has 118 valence electrons. The monoisotopic (exact) mass is 286 g/mol. The molecule has 20 heavy (non-hydrogen) atoms. The van der Waals surface area contributed by atoms with Gasteiger partial charge in [-0.3, -0.25) is 0 Å². The number of amides is 1. The van der Waals surface area contributed by atoms with Gasteiger partial charge in [0.25, 0.3) is 0 Å². The van der Waals surface area contributed by atoms with E-state index < -0.39 is 5.60 Å². The summed E-state index contributed by atoms with van der Waals surface area (Å²) in [5, 5.41) is 0. The van der Waals surface area contributed by atoms with E-state index in [0.29, 0.717) is 18.6 Å². The van der Waals surface area contributed by atoms with Crippen molar-refractivity contribution in [2.24, 2.45) is 5.92 Å². The predicted octanol–water partition coefficient (Wildman–Crippen LogP) is 2.95. The van der Waals surface area contributed by atoms with Crippen molar-refractivity contribution in [2.45, 2.75) is 65.5 Å². The van der Waals surface area contributed by atoms with Gasteiger partial charge in [-0.15, -0.1) is 0 Å². The van der Waals surface area contributed by atoms with Crippen molar-refractivity contribution in [3.05, 3.63) is 0 Å². The van der Waals surface area contributed by atoms with E-state index in [2.05, 4.69) is 19.3 Å². The molecule has 1 rings (SSSR count). The van der Waals surface area contributed by atoms with E-state index in [-0.39, 0.29) is 6.09 Å². The summed E-state index contributed by atoms with van der Waals surface area (Å²) in [4.78, 5) is 19.3. The summed E-state index contributed by atoms with van der Waals surface area (Å²) in [6.45, 7) is 12.1. The number of carbonyl (C=O) groups is 1. The Kier molecular flexibility index (Phi) is 6.76. The maximum atomic E-state index is 12.0. The van der Waals surface area contributed by atoms with Gasteiger partial charge >= 0.3 is 6.09 Å². The molecular formula is C15H30N2O3. The lowest BCUT2D eigenvalue weighted by molar-refractivity contribution is -0.00282. The molecule has 0 aromatic rings. The lowest BCUT2D eigenvalue weighted by Crippen LogP contribution is -2.38. The average molecular weight is 286 g/mol. The SMILES string of the molecule is CC(C)CONC1CCCN(C(=O)OC(C)(C)C)CC1. The Morgan fingerprint density at radius 3 is 2.60 bits per heavy atom. The molecule has 0 aliphatic carbocycles. The van der Waals surface area contributed by atoms with E-state index in [1.54, 1.807) is 4.90 Å². The molecule has 0 radical (unpaired) electrons. The maximum Gasteiger partial charge on any atom is 0.410 e. The molecule has 1 unspecified atom stereocenters. The predicted molar refractivity (Wildman–Crippen MR) is 79.4 cm³/mol. The molecule has 0 saturated carbocycles. The van der Waals surface area contributed by atoms with Crippen LogP contribution in [-0.2, 0) is 9.57 Å². The number of nitrogens with one attached hydrogen (secondary N) is 1. The summed E-state index contributed by atoms with van der Waals surface area (Å²) < 4.78 is 5.42. The average Bonchev–Trinajstić information content (AvgIpc) is 2.52. The number of hydrogen-bond acceptors (Lipinski definition) is 4. The van der Waals surface area contributed by atoms with Gasteiger partial charge in [-0.2, -0.15) is 5.48 Å². The number of rotatable bonds is 4. The lowest BCUT2D eigenvalue weighted by Gasteiger charge is -2.26. The summed E-state index contributed by atoms with van der Waals surface area (Å²) in [6, 6.07) is 0.321. The van der Waals surface area contributed by atoms with Gasteiger partial charge in [-0.05, 0) is 46.0 Å². The Labute approximate surface area is 122 Å². The molecule has 5 heteroatoms. The Morgan fingerprint density at radius 2 is 2.00 bits per heavy atom. The van der Waals surface area contributed by atoms with Crippen LogP contribution in [0.2, 0.25) is 0 Å². The van der Waals surface area contributed by atoms with Crippen LogP contribution >= 0.6 is 0 Å². The molecule has 1 saturated heterocycles. The normalized spacial score (nSPS) is 20.9. The van der Waals surface area contributed by atoms with E-state index in [1.807, 2.05) is 20.8 Å². The standard InChI is InChI=1S/C15H30N2O3/c1-12(2)11-19-16-13-7-6-9-17(10-8-13)14(18)20-15(3,4)5/h12-13,16H,6-11H2,1-5H3. The summed E-state index contributed by atoms with van der Waals surface area (Å²) in [5.41, 5.74) is 2.69. The molecule has 5 nitrogen and oxygen atoms in total. The van der Waals surface area contributed by atoms with Crippen molar-refractivity contribution in [1.29, 1.82) is 0 Å². The van der Waals surface area contributed by atoms with Crippen molar-refractivity contribution in [3.63, 3.8) is 0 Å². The fraction of sp³-hybridized carbons (Fsp3) is 0.933. The number of likely N-dealkylation sites (tertiary alicyclic amines) is 1. The molecule has 0 bridgehead atoms. The molecule has 1 aliphatic heterocycles. The second-order valence-electron chi connectivity index (χ2n) is 6.92. The second kappa shape index (κ2) is 7.84. The van der Waals surface area contributed by atoms with Crippen LogP contribution in [0.3, 0.4) is 0 Å². The zero-order chi connectivity index (χ0) is 15.2. The Morgan fingerprint density at radius 1 is 1.30 bits per heavy atom. The number of hydroxylamine groups is 1. The summed E-state index contributed by atoms with van der Waals surface area (Å²) in [6.07, 6.45) is 2.69. The molecule has 1 aliphatic rings. The first kappa shape index (κ1) is 17.2. The van der Waals surface area contributed by atoms with Crippen molar-refractivity contribution in [1.82, 2.24) is 10.4 Å². The number of hydrogen-bond donors (Lipinski definition) is 1. The minimum Gasteiger partial charge on any atom is -0.444 e. The van der Waals surface area contributed by atoms with Crippen LogP contribution in [0, 0.1) is 5.92 Å². The van der Waals surface area contributed by atoms with E-state index in [0.717, 1.165) is 32.4 Å². The summed E-state index contributed by atoms with van der Waals surface area (Å²) >= 11 is 0. The van der Waals surface area contributed by atoms with Crippen LogP contribution in [0.15, 0.2) is 0 Å². The van der Waals surface area contributed by atoms with E-state index in [9.17, 15) is 4.79 Å². The Hall–Kier alpha value is -0.810. The van der Waals surface area contributed by atoms with Crippen LogP contribution in [-0.4, -0.2) is 42.3 Å². The summed E-state index contributed by atoms with van der Waals surface area (Å²) in [7, 11) is 0. The lowest BCUT2D eigenvalue weighted by atomic mass is 10.1. The highest BCUT2D eigenvalue weighted by molar-refractivity contribution is 5.68. The highest BCUT2D eigenvalue weighted by atomic mass is 16.6. The highest BCUT2D eigenvalue weighted by Gasteiger charge is 2.25. The van der Waals surface area contributed by atoms with Crippen molar-refractivity contribution in [2.75, 3.05) is 19.7 Å². The van der Waals surface area contributed by atoms with Gasteiger partial charge < -0.3 is 14.5 Å². The fourth-order valence-electron chi connectivity index (χ4n) is 2.06. The molecule has 1 N–H and O–H groups in total. The summed E-state index contributed by atoms with van der Waals surface area (Å²) in [5.74, 6) is 0.520. The second-order valence-corrected chi connectivity index (χ2v) is 6.92. The minimum atomic E-state index is -0.429. The molecule has 0 aromatic heterocycles. The van der Waals surface area contributed by atoms with Gasteiger partial charge in [0.1, 0.15) is 5.60 Å². The van der Waals surface area contributed by atoms with Crippen molar-refractivity contribution in [3.8, 4) is 0 Å². The van der Waals surface area contributed by atoms with E-state index in [1.165, 1.54) is 0 Å². The third kappa shape index (κ3) is 7.10. The van der Waals surface area contributed by atoms with Crippen molar-refractivity contribution < 1.29 is 14.4 Å². The molecule has 1 amide bonds. The van der Waals surface area contributed by atoms with Crippen LogP contribution < -0.4 is 5.48 Å². The van der Waals surface area contributed by atoms with Crippen LogP contribution in [0.5, 0.6) is 0 Å². The zero-order valence-corrected chi connectivity index (χ0v) is 13.6. The largest absolute Gasteiger partial charge is 0.444 e. The van der Waals surface area contributed by atoms with Crippen LogP contribution in [0.4, 0.5) is 4.79 Å². The Balaban J connectivity index is 2.33. The van der Waals surface area contributed by atoms with Gasteiger partial charge in [0.15, 0.2) is 0 Å². The van der Waals surface area contributed by atoms with Gasteiger partial charge in [0.05, 0.1) is 6.61 Å².